The molecule has 1 aromatic carbocycles. The average Bonchev–Trinajstić information content (AvgIpc) is 2.77. The van der Waals surface area contributed by atoms with Gasteiger partial charge >= 0.3 is 12.1 Å². The molecule has 0 heterocycles. The minimum absolute atomic E-state index is 0.000577. The Morgan fingerprint density at radius 3 is 1.90 bits per heavy atom. The zero-order valence-corrected chi connectivity index (χ0v) is 18.1. The number of rotatable bonds is 7. The van der Waals surface area contributed by atoms with E-state index in [4.69, 9.17) is 0 Å². The van der Waals surface area contributed by atoms with Crippen LogP contribution < -0.4 is 4.74 Å². The molecule has 3 rings (SSSR count). The lowest BCUT2D eigenvalue weighted by molar-refractivity contribution is -0.290. The van der Waals surface area contributed by atoms with Crippen LogP contribution in [-0.4, -0.2) is 18.7 Å². The molecule has 0 unspecified atom stereocenters. The first kappa shape index (κ1) is 24.1. The van der Waals surface area contributed by atoms with Crippen molar-refractivity contribution >= 4 is 6.08 Å². The highest BCUT2D eigenvalue weighted by molar-refractivity contribution is 5.50. The van der Waals surface area contributed by atoms with Crippen LogP contribution in [0.1, 0.15) is 70.3 Å². The standard InChI is InChI=1S/C25H33F5O/c1-2-18-5-11-21(12-6-18)22-13-7-19(8-14-22)3-4-20-9-15-23(16-10-20)31-17-24(26,27)25(28,29)30/h3-4,9-10,15-16,18-19,21-22H,2,5-8,11-14,17H2,1H3. The second-order valence-electron chi connectivity index (χ2n) is 9.28. The summed E-state index contributed by atoms with van der Waals surface area (Å²) in [6, 6.07) is 6.20. The first-order valence-electron chi connectivity index (χ1n) is 11.5. The monoisotopic (exact) mass is 444 g/mol. The lowest BCUT2D eigenvalue weighted by Gasteiger charge is -2.37. The summed E-state index contributed by atoms with van der Waals surface area (Å²) in [5.74, 6) is -1.60. The highest BCUT2D eigenvalue weighted by Gasteiger charge is 2.58. The largest absolute Gasteiger partial charge is 0.487 e. The van der Waals surface area contributed by atoms with E-state index < -0.39 is 18.7 Å². The number of allylic oxidation sites excluding steroid dienone is 1. The van der Waals surface area contributed by atoms with E-state index in [2.05, 4.69) is 17.7 Å². The fraction of sp³-hybridized carbons (Fsp3) is 0.680. The third-order valence-electron chi connectivity index (χ3n) is 7.23. The predicted molar refractivity (Wildman–Crippen MR) is 113 cm³/mol. The highest BCUT2D eigenvalue weighted by Crippen LogP contribution is 2.42. The van der Waals surface area contributed by atoms with Gasteiger partial charge in [0.15, 0.2) is 6.61 Å². The summed E-state index contributed by atoms with van der Waals surface area (Å²) in [6.07, 6.45) is 10.5. The summed E-state index contributed by atoms with van der Waals surface area (Å²) >= 11 is 0. The van der Waals surface area contributed by atoms with Crippen LogP contribution in [0.25, 0.3) is 6.08 Å². The molecular formula is C25H33F5O. The van der Waals surface area contributed by atoms with E-state index in [1.54, 1.807) is 12.1 Å². The summed E-state index contributed by atoms with van der Waals surface area (Å²) in [5, 5.41) is 0. The van der Waals surface area contributed by atoms with Gasteiger partial charge in [-0.2, -0.15) is 22.0 Å². The Hall–Kier alpha value is -1.59. The minimum atomic E-state index is -5.61. The number of benzene rings is 1. The maximum Gasteiger partial charge on any atom is 0.456 e. The second-order valence-corrected chi connectivity index (χ2v) is 9.28. The molecule has 0 atom stereocenters. The molecule has 6 heteroatoms. The molecule has 1 nitrogen and oxygen atoms in total. The Kier molecular flexibility index (Phi) is 8.03. The number of ether oxygens (including phenoxy) is 1. The first-order valence-corrected chi connectivity index (χ1v) is 11.5. The van der Waals surface area contributed by atoms with E-state index in [9.17, 15) is 22.0 Å². The number of hydrogen-bond acceptors (Lipinski definition) is 1. The molecular weight excluding hydrogens is 411 g/mol. The van der Waals surface area contributed by atoms with Gasteiger partial charge in [0.25, 0.3) is 0 Å². The summed E-state index contributed by atoms with van der Waals surface area (Å²) in [6.45, 7) is 0.588. The Morgan fingerprint density at radius 2 is 1.39 bits per heavy atom. The SMILES string of the molecule is CCC1CCC(C2CCC(C=Cc3ccc(OCC(F)(F)C(F)(F)F)cc3)CC2)CC1. The molecule has 0 aliphatic heterocycles. The average molecular weight is 445 g/mol. The third-order valence-corrected chi connectivity index (χ3v) is 7.23. The molecule has 0 N–H and O–H groups in total. The third kappa shape index (κ3) is 6.69. The fourth-order valence-electron chi connectivity index (χ4n) is 5.05. The summed E-state index contributed by atoms with van der Waals surface area (Å²) in [5.41, 5.74) is 0.884. The van der Waals surface area contributed by atoms with Crippen LogP contribution in [0.4, 0.5) is 22.0 Å². The number of halogens is 5. The summed E-state index contributed by atoms with van der Waals surface area (Å²) in [4.78, 5) is 0. The molecule has 0 aromatic heterocycles. The van der Waals surface area contributed by atoms with Crippen molar-refractivity contribution < 1.29 is 26.7 Å². The van der Waals surface area contributed by atoms with Crippen LogP contribution in [0.2, 0.25) is 0 Å². The van der Waals surface area contributed by atoms with Gasteiger partial charge in [0, 0.05) is 0 Å². The number of alkyl halides is 5. The predicted octanol–water partition coefficient (Wildman–Crippen LogP) is 8.30. The van der Waals surface area contributed by atoms with Gasteiger partial charge in [-0.3, -0.25) is 0 Å². The highest BCUT2D eigenvalue weighted by atomic mass is 19.4. The normalized spacial score (nSPS) is 28.1. The van der Waals surface area contributed by atoms with Gasteiger partial charge in [0.1, 0.15) is 5.75 Å². The topological polar surface area (TPSA) is 9.23 Å². The van der Waals surface area contributed by atoms with Crippen molar-refractivity contribution in [1.29, 1.82) is 0 Å². The first-order chi connectivity index (χ1) is 14.7. The van der Waals surface area contributed by atoms with Crippen LogP contribution in [0.15, 0.2) is 30.3 Å². The number of hydrogen-bond donors (Lipinski definition) is 0. The molecule has 0 radical (unpaired) electrons. The van der Waals surface area contributed by atoms with Gasteiger partial charge in [-0.05, 0) is 79.9 Å². The molecule has 2 aliphatic carbocycles. The smallest absolute Gasteiger partial charge is 0.456 e. The molecule has 0 amide bonds. The molecule has 2 aliphatic rings. The molecule has 0 saturated heterocycles. The Balaban J connectivity index is 1.42. The Labute approximate surface area is 182 Å². The van der Waals surface area contributed by atoms with E-state index in [0.717, 1.165) is 23.3 Å². The van der Waals surface area contributed by atoms with E-state index in [-0.39, 0.29) is 5.75 Å². The van der Waals surface area contributed by atoms with E-state index in [1.807, 2.05) is 6.08 Å². The lowest BCUT2D eigenvalue weighted by Crippen LogP contribution is -2.41. The fourth-order valence-corrected chi connectivity index (χ4v) is 5.05. The molecule has 0 bridgehead atoms. The van der Waals surface area contributed by atoms with Crippen molar-refractivity contribution in [2.24, 2.45) is 23.7 Å². The van der Waals surface area contributed by atoms with Crippen molar-refractivity contribution in [3.8, 4) is 5.75 Å². The van der Waals surface area contributed by atoms with Crippen LogP contribution >= 0.6 is 0 Å². The lowest BCUT2D eigenvalue weighted by atomic mass is 9.69. The van der Waals surface area contributed by atoms with Gasteiger partial charge < -0.3 is 4.74 Å². The van der Waals surface area contributed by atoms with Gasteiger partial charge in [-0.1, -0.05) is 50.5 Å². The van der Waals surface area contributed by atoms with E-state index in [1.165, 1.54) is 69.9 Å². The summed E-state index contributed by atoms with van der Waals surface area (Å²) in [7, 11) is 0. The van der Waals surface area contributed by atoms with E-state index >= 15 is 0 Å². The molecule has 174 valence electrons. The Morgan fingerprint density at radius 1 is 0.839 bits per heavy atom. The van der Waals surface area contributed by atoms with Crippen LogP contribution in [-0.2, 0) is 0 Å². The van der Waals surface area contributed by atoms with Gasteiger partial charge in [0.05, 0.1) is 0 Å². The van der Waals surface area contributed by atoms with Gasteiger partial charge in [-0.15, -0.1) is 0 Å². The van der Waals surface area contributed by atoms with Gasteiger partial charge in [-0.25, -0.2) is 0 Å². The van der Waals surface area contributed by atoms with Crippen LogP contribution in [0.5, 0.6) is 5.75 Å². The van der Waals surface area contributed by atoms with Crippen molar-refractivity contribution in [2.75, 3.05) is 6.61 Å². The van der Waals surface area contributed by atoms with Crippen LogP contribution in [0, 0.1) is 23.7 Å². The Bertz CT molecular complexity index is 694. The molecule has 2 fully saturated rings. The van der Waals surface area contributed by atoms with E-state index in [0.29, 0.717) is 5.92 Å². The molecule has 0 spiro atoms. The van der Waals surface area contributed by atoms with Gasteiger partial charge in [0.2, 0.25) is 0 Å². The van der Waals surface area contributed by atoms with Crippen LogP contribution in [0.3, 0.4) is 0 Å². The van der Waals surface area contributed by atoms with Crippen molar-refractivity contribution in [3.63, 3.8) is 0 Å². The molecule has 31 heavy (non-hydrogen) atoms. The maximum atomic E-state index is 12.9. The quantitative estimate of drug-likeness (QED) is 0.384. The molecule has 1 aromatic rings. The van der Waals surface area contributed by atoms with Crippen molar-refractivity contribution in [2.45, 2.75) is 76.8 Å². The molecule has 2 saturated carbocycles. The zero-order valence-electron chi connectivity index (χ0n) is 18.1. The maximum absolute atomic E-state index is 12.9. The zero-order chi connectivity index (χ0) is 22.5. The van der Waals surface area contributed by atoms with Crippen molar-refractivity contribution in [1.82, 2.24) is 0 Å². The minimum Gasteiger partial charge on any atom is -0.487 e. The van der Waals surface area contributed by atoms with Crippen molar-refractivity contribution in [3.05, 3.63) is 35.9 Å². The second kappa shape index (κ2) is 10.4. The summed E-state index contributed by atoms with van der Waals surface area (Å²) < 4.78 is 67.1.